The first-order valence-corrected chi connectivity index (χ1v) is 20.9. The number of carbonyl (C=O) groups is 4. The van der Waals surface area contributed by atoms with Gasteiger partial charge in [-0.25, -0.2) is 4.98 Å². The van der Waals surface area contributed by atoms with E-state index in [4.69, 9.17) is 9.47 Å². The van der Waals surface area contributed by atoms with Gasteiger partial charge in [0.2, 0.25) is 23.6 Å². The first-order chi connectivity index (χ1) is 27.9. The summed E-state index contributed by atoms with van der Waals surface area (Å²) >= 11 is 1.57. The highest BCUT2D eigenvalue weighted by Gasteiger charge is 2.44. The first kappa shape index (κ1) is 44.2. The fraction of sp³-hybridized carbons (Fsp3) is 0.444. The summed E-state index contributed by atoms with van der Waals surface area (Å²) in [6.45, 7) is 9.16. The topological polar surface area (TPSA) is 159 Å². The predicted molar refractivity (Wildman–Crippen MR) is 225 cm³/mol. The maximum atomic E-state index is 13.9. The summed E-state index contributed by atoms with van der Waals surface area (Å²) in [5.41, 5.74) is 6.48. The molecule has 3 aromatic carbocycles. The summed E-state index contributed by atoms with van der Waals surface area (Å²) in [5, 5.41) is 19.3. The molecule has 4 N–H and O–H groups in total. The minimum atomic E-state index is -0.930. The van der Waals surface area contributed by atoms with E-state index < -0.39 is 29.5 Å². The molecular weight excluding hydrogens is 755 g/mol. The Morgan fingerprint density at radius 3 is 2.02 bits per heavy atom. The van der Waals surface area contributed by atoms with Crippen LogP contribution in [-0.2, 0) is 35.2 Å². The first-order valence-electron chi connectivity index (χ1n) is 20.0. The van der Waals surface area contributed by atoms with Gasteiger partial charge in [0.1, 0.15) is 12.1 Å². The number of β-amino-alcohol motifs (C(OH)–C–C–N with tert-alkyl or cyclic N) is 1. The van der Waals surface area contributed by atoms with Crippen molar-refractivity contribution in [2.75, 3.05) is 39.5 Å². The molecule has 4 aromatic rings. The molecule has 58 heavy (non-hydrogen) atoms. The standard InChI is InChI=1S/C45H57N5O7S/c1-31-41(58-30-48-31)35-17-15-32(16-18-35)28-47-43(54)38-27-36(51)29-50(38)44(55)42(45(2,3)4)49-40(53)21-24-57-26-25-56-23-20-39(52)46-22-19-37(33-11-7-5-8-12-33)34-13-9-6-10-14-34/h5-18,30,36-38,42,51H,19-29H2,1-4H3,(H,46,52)(H,47,54)(H,49,53)/t36-,38+,42-/m1/s1. The summed E-state index contributed by atoms with van der Waals surface area (Å²) < 4.78 is 11.2. The molecule has 12 nitrogen and oxygen atoms in total. The zero-order valence-corrected chi connectivity index (χ0v) is 34.8. The van der Waals surface area contributed by atoms with Crippen LogP contribution in [0.2, 0.25) is 0 Å². The van der Waals surface area contributed by atoms with Crippen molar-refractivity contribution < 1.29 is 33.8 Å². The number of nitrogens with one attached hydrogen (secondary N) is 3. The molecule has 310 valence electrons. The Hall–Kier alpha value is -4.95. The Kier molecular flexibility index (Phi) is 16.5. The van der Waals surface area contributed by atoms with Gasteiger partial charge in [-0.05, 0) is 41.0 Å². The van der Waals surface area contributed by atoms with Crippen LogP contribution >= 0.6 is 11.3 Å². The fourth-order valence-corrected chi connectivity index (χ4v) is 7.82. The Labute approximate surface area is 345 Å². The minimum absolute atomic E-state index is 0.00395. The predicted octanol–water partition coefficient (Wildman–Crippen LogP) is 5.38. The molecule has 0 spiro atoms. The van der Waals surface area contributed by atoms with Crippen molar-refractivity contribution in [1.82, 2.24) is 25.8 Å². The molecule has 1 saturated heterocycles. The van der Waals surface area contributed by atoms with Crippen LogP contribution in [0.4, 0.5) is 0 Å². The van der Waals surface area contributed by atoms with E-state index in [0.717, 1.165) is 28.1 Å². The van der Waals surface area contributed by atoms with Gasteiger partial charge in [-0.3, -0.25) is 19.2 Å². The number of carbonyl (C=O) groups excluding carboxylic acids is 4. The highest BCUT2D eigenvalue weighted by Crippen LogP contribution is 2.29. The summed E-state index contributed by atoms with van der Waals surface area (Å²) in [4.78, 5) is 59.5. The average Bonchev–Trinajstić information content (AvgIpc) is 3.84. The molecule has 5 rings (SSSR count). The van der Waals surface area contributed by atoms with Crippen molar-refractivity contribution >= 4 is 35.0 Å². The van der Waals surface area contributed by atoms with E-state index in [9.17, 15) is 24.3 Å². The highest BCUT2D eigenvalue weighted by molar-refractivity contribution is 7.13. The van der Waals surface area contributed by atoms with E-state index >= 15 is 0 Å². The molecule has 0 unspecified atom stereocenters. The van der Waals surface area contributed by atoms with Gasteiger partial charge in [-0.1, -0.05) is 106 Å². The summed E-state index contributed by atoms with van der Waals surface area (Å²) in [6.07, 6.45) is 0.266. The van der Waals surface area contributed by atoms with E-state index in [-0.39, 0.29) is 82.4 Å². The van der Waals surface area contributed by atoms with Gasteiger partial charge < -0.3 is 35.4 Å². The molecule has 1 aliphatic rings. The Morgan fingerprint density at radius 1 is 0.845 bits per heavy atom. The molecule has 3 atom stereocenters. The number of hydrogen-bond donors (Lipinski definition) is 4. The molecule has 2 heterocycles. The Morgan fingerprint density at radius 2 is 1.45 bits per heavy atom. The van der Waals surface area contributed by atoms with Crippen LogP contribution in [0.25, 0.3) is 10.4 Å². The van der Waals surface area contributed by atoms with E-state index in [2.05, 4.69) is 45.2 Å². The largest absolute Gasteiger partial charge is 0.391 e. The minimum Gasteiger partial charge on any atom is -0.391 e. The quantitative estimate of drug-likeness (QED) is 0.0867. The Balaban J connectivity index is 0.982. The third kappa shape index (κ3) is 13.0. The number of aryl methyl sites for hydroxylation is 1. The molecule has 0 aliphatic carbocycles. The second-order valence-electron chi connectivity index (χ2n) is 15.7. The van der Waals surface area contributed by atoms with Crippen molar-refractivity contribution in [3.63, 3.8) is 0 Å². The van der Waals surface area contributed by atoms with Crippen molar-refractivity contribution in [1.29, 1.82) is 0 Å². The number of likely N-dealkylation sites (tertiary alicyclic amines) is 1. The summed E-state index contributed by atoms with van der Waals surface area (Å²) in [5.74, 6) is -1.06. The van der Waals surface area contributed by atoms with E-state index in [1.54, 1.807) is 11.3 Å². The van der Waals surface area contributed by atoms with Crippen molar-refractivity contribution in [3.8, 4) is 10.4 Å². The zero-order chi connectivity index (χ0) is 41.5. The number of aliphatic hydroxyl groups is 1. The van der Waals surface area contributed by atoms with Crippen LogP contribution in [-0.4, -0.2) is 96.3 Å². The Bertz CT molecular complexity index is 1880. The second kappa shape index (κ2) is 21.7. The lowest BCUT2D eigenvalue weighted by Gasteiger charge is -2.35. The van der Waals surface area contributed by atoms with Crippen molar-refractivity contribution in [2.45, 2.75) is 84.0 Å². The van der Waals surface area contributed by atoms with Gasteiger partial charge in [0.25, 0.3) is 0 Å². The number of thiazole rings is 1. The van der Waals surface area contributed by atoms with Crippen LogP contribution < -0.4 is 16.0 Å². The number of rotatable bonds is 20. The molecule has 0 bridgehead atoms. The lowest BCUT2D eigenvalue weighted by Crippen LogP contribution is -2.57. The number of benzene rings is 3. The molecule has 13 heteroatoms. The van der Waals surface area contributed by atoms with Gasteiger partial charge in [0.05, 0.1) is 48.6 Å². The molecule has 1 aliphatic heterocycles. The summed E-state index contributed by atoms with van der Waals surface area (Å²) in [6, 6.07) is 26.6. The van der Waals surface area contributed by atoms with Gasteiger partial charge >= 0.3 is 0 Å². The molecule has 0 saturated carbocycles. The number of aliphatic hydroxyl groups excluding tert-OH is 1. The molecule has 0 radical (unpaired) electrons. The van der Waals surface area contributed by atoms with E-state index in [0.29, 0.717) is 6.54 Å². The number of ether oxygens (including phenoxy) is 2. The molecule has 1 aromatic heterocycles. The fourth-order valence-electron chi connectivity index (χ4n) is 7.01. The average molecular weight is 812 g/mol. The van der Waals surface area contributed by atoms with Gasteiger partial charge in [-0.2, -0.15) is 0 Å². The molecule has 4 amide bonds. The second-order valence-corrected chi connectivity index (χ2v) is 16.5. The number of amides is 4. The normalized spacial score (nSPS) is 15.9. The van der Waals surface area contributed by atoms with Gasteiger partial charge in [-0.15, -0.1) is 11.3 Å². The molecule has 1 fully saturated rings. The van der Waals surface area contributed by atoms with Crippen LogP contribution in [0, 0.1) is 12.3 Å². The number of aromatic nitrogens is 1. The lowest BCUT2D eigenvalue weighted by atomic mass is 9.85. The van der Waals surface area contributed by atoms with E-state index in [1.165, 1.54) is 16.0 Å². The lowest BCUT2D eigenvalue weighted by molar-refractivity contribution is -0.144. The van der Waals surface area contributed by atoms with Gasteiger partial charge in [0, 0.05) is 44.8 Å². The number of hydrogen-bond acceptors (Lipinski definition) is 9. The van der Waals surface area contributed by atoms with Crippen LogP contribution in [0.1, 0.15) is 74.8 Å². The zero-order valence-electron chi connectivity index (χ0n) is 33.9. The van der Waals surface area contributed by atoms with Gasteiger partial charge in [0.15, 0.2) is 0 Å². The maximum Gasteiger partial charge on any atom is 0.246 e. The SMILES string of the molecule is Cc1ncsc1-c1ccc(CNC(=O)[C@@H]2C[C@@H](O)CN2C(=O)[C@@H](NC(=O)CCOCCOCCC(=O)NCCC(c2ccccc2)c2ccccc2)C(C)(C)C)cc1. The maximum absolute atomic E-state index is 13.9. The molecular formula is C45H57N5O7S. The van der Waals surface area contributed by atoms with Crippen LogP contribution in [0.3, 0.4) is 0 Å². The third-order valence-electron chi connectivity index (χ3n) is 10.2. The smallest absolute Gasteiger partial charge is 0.246 e. The van der Waals surface area contributed by atoms with Crippen LogP contribution in [0.15, 0.2) is 90.4 Å². The number of nitrogens with zero attached hydrogens (tertiary/aromatic N) is 2. The van der Waals surface area contributed by atoms with Crippen molar-refractivity contribution in [3.05, 3.63) is 113 Å². The summed E-state index contributed by atoms with van der Waals surface area (Å²) in [7, 11) is 0. The van der Waals surface area contributed by atoms with E-state index in [1.807, 2.05) is 93.9 Å². The van der Waals surface area contributed by atoms with Crippen molar-refractivity contribution in [2.24, 2.45) is 5.41 Å². The third-order valence-corrected chi connectivity index (χ3v) is 11.2. The van der Waals surface area contributed by atoms with Crippen LogP contribution in [0.5, 0.6) is 0 Å². The monoisotopic (exact) mass is 811 g/mol. The highest BCUT2D eigenvalue weighted by atomic mass is 32.1.